The van der Waals surface area contributed by atoms with Gasteiger partial charge in [-0.2, -0.15) is 5.01 Å². The minimum atomic E-state index is -1.06. The zero-order valence-corrected chi connectivity index (χ0v) is 8.40. The Labute approximate surface area is 90.9 Å². The molecule has 5 N–H and O–H groups in total. The quantitative estimate of drug-likeness (QED) is 0.384. The highest BCUT2D eigenvalue weighted by Crippen LogP contribution is 2.08. The number of rotatable bonds is 2. The average molecular weight is 228 g/mol. The Balaban J connectivity index is 2.15. The van der Waals surface area contributed by atoms with E-state index in [2.05, 4.69) is 10.6 Å². The first-order chi connectivity index (χ1) is 7.59. The van der Waals surface area contributed by atoms with E-state index < -0.39 is 24.1 Å². The largest absolute Gasteiger partial charge is 0.350 e. The summed E-state index contributed by atoms with van der Waals surface area (Å²) >= 11 is 0. The Bertz CT molecular complexity index is 339. The second kappa shape index (κ2) is 3.94. The van der Waals surface area contributed by atoms with Crippen LogP contribution >= 0.6 is 0 Å². The van der Waals surface area contributed by atoms with Crippen LogP contribution in [0, 0.1) is 0 Å². The van der Waals surface area contributed by atoms with Crippen molar-refractivity contribution in [3.05, 3.63) is 0 Å². The highest BCUT2D eigenvalue weighted by Gasteiger charge is 2.40. The standard InChI is InChI=1S/C7H12N6O3/c8-6(15)13(12-2-1-9-3-12)4-5(14)11-7(16)10-4/h4,9H,1-3H2,(H2,8,15)(H2,10,11,14,16). The summed E-state index contributed by atoms with van der Waals surface area (Å²) in [5.41, 5.74) is 5.19. The number of hydrogen-bond acceptors (Lipinski definition) is 5. The molecule has 2 saturated heterocycles. The second-order valence-electron chi connectivity index (χ2n) is 3.44. The van der Waals surface area contributed by atoms with Gasteiger partial charge in [-0.05, 0) is 0 Å². The summed E-state index contributed by atoms with van der Waals surface area (Å²) in [5.74, 6) is -0.587. The van der Waals surface area contributed by atoms with Crippen molar-refractivity contribution in [1.29, 1.82) is 0 Å². The van der Waals surface area contributed by atoms with Crippen LogP contribution in [-0.4, -0.2) is 53.9 Å². The zero-order valence-electron chi connectivity index (χ0n) is 8.40. The molecule has 2 aliphatic heterocycles. The van der Waals surface area contributed by atoms with Crippen LogP contribution in [0.3, 0.4) is 0 Å². The van der Waals surface area contributed by atoms with Gasteiger partial charge in [-0.3, -0.25) is 10.1 Å². The SMILES string of the molecule is NC(=O)N(C1NC(=O)NC1=O)N1CCNC1. The van der Waals surface area contributed by atoms with E-state index in [0.29, 0.717) is 19.8 Å². The van der Waals surface area contributed by atoms with E-state index in [1.807, 2.05) is 5.32 Å². The van der Waals surface area contributed by atoms with E-state index >= 15 is 0 Å². The highest BCUT2D eigenvalue weighted by atomic mass is 16.2. The number of carbonyl (C=O) groups excluding carboxylic acids is 3. The molecule has 0 bridgehead atoms. The fourth-order valence-corrected chi connectivity index (χ4v) is 1.69. The summed E-state index contributed by atoms with van der Waals surface area (Å²) in [6.07, 6.45) is -1.06. The van der Waals surface area contributed by atoms with Gasteiger partial charge in [0.1, 0.15) is 0 Å². The third-order valence-corrected chi connectivity index (χ3v) is 2.37. The number of nitrogens with one attached hydrogen (secondary N) is 3. The molecule has 2 fully saturated rings. The van der Waals surface area contributed by atoms with Gasteiger partial charge in [-0.1, -0.05) is 0 Å². The van der Waals surface area contributed by atoms with Gasteiger partial charge in [0, 0.05) is 13.1 Å². The molecule has 2 rings (SSSR count). The van der Waals surface area contributed by atoms with Gasteiger partial charge in [-0.15, -0.1) is 0 Å². The summed E-state index contributed by atoms with van der Waals surface area (Å²) in [6, 6.07) is -1.42. The monoisotopic (exact) mass is 228 g/mol. The van der Waals surface area contributed by atoms with E-state index in [1.165, 1.54) is 0 Å². The summed E-state index contributed by atoms with van der Waals surface area (Å²) in [6.45, 7) is 1.64. The van der Waals surface area contributed by atoms with Crippen LogP contribution in [0.1, 0.15) is 0 Å². The molecule has 0 aromatic rings. The number of urea groups is 2. The number of hydrogen-bond donors (Lipinski definition) is 4. The molecule has 16 heavy (non-hydrogen) atoms. The van der Waals surface area contributed by atoms with Gasteiger partial charge in [-0.25, -0.2) is 14.6 Å². The first-order valence-electron chi connectivity index (χ1n) is 4.75. The first kappa shape index (κ1) is 10.6. The van der Waals surface area contributed by atoms with Crippen molar-refractivity contribution in [3.8, 4) is 0 Å². The van der Waals surface area contributed by atoms with Gasteiger partial charge >= 0.3 is 12.1 Å². The molecule has 0 aliphatic carbocycles. The van der Waals surface area contributed by atoms with Gasteiger partial charge in [0.2, 0.25) is 6.17 Å². The number of primary amides is 1. The Morgan fingerprint density at radius 3 is 2.69 bits per heavy atom. The number of amides is 5. The molecular formula is C7H12N6O3. The van der Waals surface area contributed by atoms with Crippen LogP contribution in [-0.2, 0) is 4.79 Å². The maximum absolute atomic E-state index is 11.4. The number of hydrazine groups is 1. The van der Waals surface area contributed by atoms with E-state index in [1.54, 1.807) is 5.01 Å². The van der Waals surface area contributed by atoms with Crippen LogP contribution in [0.2, 0.25) is 0 Å². The molecular weight excluding hydrogens is 216 g/mol. The van der Waals surface area contributed by atoms with Crippen molar-refractivity contribution in [2.45, 2.75) is 6.17 Å². The molecule has 9 heteroatoms. The van der Waals surface area contributed by atoms with Crippen molar-refractivity contribution in [2.75, 3.05) is 19.8 Å². The third kappa shape index (κ3) is 1.77. The first-order valence-corrected chi connectivity index (χ1v) is 4.75. The number of carbonyl (C=O) groups is 3. The number of nitrogens with zero attached hydrogens (tertiary/aromatic N) is 2. The van der Waals surface area contributed by atoms with Gasteiger partial charge in [0.25, 0.3) is 5.91 Å². The molecule has 88 valence electrons. The van der Waals surface area contributed by atoms with Crippen LogP contribution < -0.4 is 21.7 Å². The Morgan fingerprint density at radius 1 is 1.50 bits per heavy atom. The summed E-state index contributed by atoms with van der Waals surface area (Å²) in [7, 11) is 0. The zero-order chi connectivity index (χ0) is 11.7. The molecule has 0 radical (unpaired) electrons. The second-order valence-corrected chi connectivity index (χ2v) is 3.44. The lowest BCUT2D eigenvalue weighted by atomic mass is 10.4. The van der Waals surface area contributed by atoms with E-state index in [4.69, 9.17) is 5.73 Å². The maximum Gasteiger partial charge on any atom is 0.331 e. The average Bonchev–Trinajstić information content (AvgIpc) is 2.78. The number of imide groups is 1. The summed E-state index contributed by atoms with van der Waals surface area (Å²) < 4.78 is 0. The van der Waals surface area contributed by atoms with Crippen molar-refractivity contribution in [2.24, 2.45) is 5.73 Å². The lowest BCUT2D eigenvalue weighted by molar-refractivity contribution is -0.128. The topological polar surface area (TPSA) is 120 Å². The highest BCUT2D eigenvalue weighted by molar-refractivity contribution is 6.05. The van der Waals surface area contributed by atoms with Crippen molar-refractivity contribution in [1.82, 2.24) is 26.0 Å². The minimum Gasteiger partial charge on any atom is -0.350 e. The smallest absolute Gasteiger partial charge is 0.331 e. The Hall–Kier alpha value is -1.87. The van der Waals surface area contributed by atoms with Crippen LogP contribution in [0.5, 0.6) is 0 Å². The van der Waals surface area contributed by atoms with Crippen LogP contribution in [0.25, 0.3) is 0 Å². The molecule has 2 aliphatic rings. The molecule has 5 amide bonds. The molecule has 1 unspecified atom stereocenters. The van der Waals surface area contributed by atoms with Crippen molar-refractivity contribution >= 4 is 18.0 Å². The normalized spacial score (nSPS) is 25.4. The van der Waals surface area contributed by atoms with Gasteiger partial charge < -0.3 is 16.4 Å². The van der Waals surface area contributed by atoms with Crippen molar-refractivity contribution in [3.63, 3.8) is 0 Å². The molecule has 1 atom stereocenters. The summed E-state index contributed by atoms with van der Waals surface area (Å²) in [5, 5.41) is 9.96. The molecule has 0 aromatic carbocycles. The molecule has 2 heterocycles. The molecule has 0 spiro atoms. The molecule has 0 aromatic heterocycles. The number of nitrogens with two attached hydrogens (primary N) is 1. The Morgan fingerprint density at radius 2 is 2.25 bits per heavy atom. The van der Waals surface area contributed by atoms with E-state index in [0.717, 1.165) is 5.01 Å². The maximum atomic E-state index is 11.4. The minimum absolute atomic E-state index is 0.405. The van der Waals surface area contributed by atoms with Crippen molar-refractivity contribution < 1.29 is 14.4 Å². The predicted molar refractivity (Wildman–Crippen MR) is 51.5 cm³/mol. The van der Waals surface area contributed by atoms with Gasteiger partial charge in [0.05, 0.1) is 6.67 Å². The Kier molecular flexibility index (Phi) is 2.62. The summed E-state index contributed by atoms with van der Waals surface area (Å²) in [4.78, 5) is 33.6. The van der Waals surface area contributed by atoms with Crippen LogP contribution in [0.15, 0.2) is 0 Å². The lowest BCUT2D eigenvalue weighted by Gasteiger charge is -2.32. The van der Waals surface area contributed by atoms with E-state index in [-0.39, 0.29) is 0 Å². The fraction of sp³-hybridized carbons (Fsp3) is 0.571. The van der Waals surface area contributed by atoms with Crippen LogP contribution in [0.4, 0.5) is 9.59 Å². The predicted octanol–water partition coefficient (Wildman–Crippen LogP) is -2.69. The fourth-order valence-electron chi connectivity index (χ4n) is 1.69. The third-order valence-electron chi connectivity index (χ3n) is 2.37. The lowest BCUT2D eigenvalue weighted by Crippen LogP contribution is -2.59. The van der Waals surface area contributed by atoms with Gasteiger partial charge in [0.15, 0.2) is 0 Å². The van der Waals surface area contributed by atoms with E-state index in [9.17, 15) is 14.4 Å². The molecule has 0 saturated carbocycles. The molecule has 9 nitrogen and oxygen atoms in total.